The van der Waals surface area contributed by atoms with Gasteiger partial charge in [0.25, 0.3) is 0 Å². The molecule has 0 aliphatic heterocycles. The van der Waals surface area contributed by atoms with Crippen molar-refractivity contribution in [3.63, 3.8) is 0 Å². The molecule has 11 heavy (non-hydrogen) atoms. The minimum Gasteiger partial charge on any atom is -0.412 e. The third-order valence-corrected chi connectivity index (χ3v) is 0. The maximum atomic E-state index is 8.12. The molecule has 0 heterocycles. The van der Waals surface area contributed by atoms with E-state index in [9.17, 15) is 0 Å². The number of hydrogen-bond donors (Lipinski definition) is 0. The molecule has 0 unspecified atom stereocenters. The predicted octanol–water partition coefficient (Wildman–Crippen LogP) is -0.938. The number of rotatable bonds is 0. The van der Waals surface area contributed by atoms with E-state index < -0.39 is 0 Å². The van der Waals surface area contributed by atoms with Crippen LogP contribution in [-0.4, -0.2) is 17.8 Å². The average Bonchev–Trinajstić information content (AvgIpc) is 1.99. The van der Waals surface area contributed by atoms with E-state index in [1.807, 2.05) is 0 Å². The summed E-state index contributed by atoms with van der Waals surface area (Å²) in [5, 5.41) is 0. The fraction of sp³-hybridized carbons (Fsp3) is 0. The van der Waals surface area contributed by atoms with Crippen LogP contribution in [0.25, 0.3) is 0 Å². The summed E-state index contributed by atoms with van der Waals surface area (Å²) in [4.78, 5) is 32.5. The van der Waals surface area contributed by atoms with Crippen LogP contribution in [0, 0.1) is 6.65 Å². The third kappa shape index (κ3) is 97.3. The van der Waals surface area contributed by atoms with Gasteiger partial charge < -0.3 is 5.48 Å². The molecule has 6 heteroatoms. The maximum absolute atomic E-state index is 8.12. The Kier molecular flexibility index (Phi) is 33900. The van der Waals surface area contributed by atoms with Crippen LogP contribution in [0.3, 0.4) is 0 Å². The Morgan fingerprint density at radius 1 is 1.00 bits per heavy atom. The Hall–Kier alpha value is -1.80. The van der Waals surface area contributed by atoms with Gasteiger partial charge in [0.1, 0.15) is 0 Å². The predicted molar refractivity (Wildman–Crippen MR) is 32.6 cm³/mol. The van der Waals surface area contributed by atoms with Gasteiger partial charge in [0.2, 0.25) is 0 Å². The molecule has 0 aromatic carbocycles. The Balaban J connectivity index is -0.00000000967. The van der Waals surface area contributed by atoms with Crippen molar-refractivity contribution in [3.8, 4) is 6.65 Å². The first kappa shape index (κ1) is 35.1. The molecule has 0 aromatic heterocycles. The monoisotopic (exact) mass is 165 g/mol. The molecule has 0 aliphatic carbocycles. The molecule has 0 fully saturated rings. The first-order valence-electron chi connectivity index (χ1n) is 1.55. The Labute approximate surface area is 64.0 Å². The third-order valence-electron chi connectivity index (χ3n) is 0. The molecule has 0 bridgehead atoms. The number of carbonyl (C=O) groups excluding carboxylic acids is 4. The molecule has 6 nitrogen and oxygen atoms in total. The van der Waals surface area contributed by atoms with E-state index in [-0.39, 0.29) is 19.2 Å². The zero-order valence-electron chi connectivity index (χ0n) is 5.53. The summed E-state index contributed by atoms with van der Waals surface area (Å²) in [7, 11) is 0. The van der Waals surface area contributed by atoms with Crippen LogP contribution in [0.15, 0.2) is 13.2 Å². The second-order valence-corrected chi connectivity index (χ2v) is 0.167. The largest absolute Gasteiger partial charge is 0.412 e. The molecular formula is C5H9O6+. The fourth-order valence-electron chi connectivity index (χ4n) is 0. The molecule has 0 saturated carbocycles. The van der Waals surface area contributed by atoms with Gasteiger partial charge in [0, 0.05) is 1.43 Å². The Bertz CT molecular complexity index is 107. The van der Waals surface area contributed by atoms with E-state index in [2.05, 4.69) is 19.8 Å². The summed E-state index contributed by atoms with van der Waals surface area (Å²) >= 11 is 0. The SMILES string of the molecule is C#[O+].C=C.O.O=C=O.O=C=O.[HH]. The molecule has 0 rings (SSSR count). The van der Waals surface area contributed by atoms with Crippen LogP contribution < -0.4 is 0 Å². The zero-order chi connectivity index (χ0) is 9.41. The fourth-order valence-corrected chi connectivity index (χ4v) is 0. The van der Waals surface area contributed by atoms with Crippen LogP contribution >= 0.6 is 0 Å². The summed E-state index contributed by atoms with van der Waals surface area (Å²) in [6.45, 7) is 9.25. The van der Waals surface area contributed by atoms with Crippen molar-refractivity contribution >= 4 is 12.3 Å². The van der Waals surface area contributed by atoms with Crippen molar-refractivity contribution in [1.82, 2.24) is 0 Å². The topological polar surface area (TPSA) is 120 Å². The van der Waals surface area contributed by atoms with Gasteiger partial charge in [-0.05, 0) is 0 Å². The minimum absolute atomic E-state index is 0. The van der Waals surface area contributed by atoms with Gasteiger partial charge in [-0.1, -0.05) is 0 Å². The van der Waals surface area contributed by atoms with Crippen molar-refractivity contribution in [1.29, 1.82) is 0 Å². The van der Waals surface area contributed by atoms with Crippen molar-refractivity contribution < 1.29 is 30.7 Å². The van der Waals surface area contributed by atoms with Crippen molar-refractivity contribution in [3.05, 3.63) is 13.2 Å². The van der Waals surface area contributed by atoms with Gasteiger partial charge in [0.15, 0.2) is 0 Å². The summed E-state index contributed by atoms with van der Waals surface area (Å²) in [6, 6.07) is 0. The summed E-state index contributed by atoms with van der Waals surface area (Å²) in [5.74, 6) is 0. The van der Waals surface area contributed by atoms with Gasteiger partial charge in [-0.3, -0.25) is 0 Å². The van der Waals surface area contributed by atoms with Crippen LogP contribution in [-0.2, 0) is 23.8 Å². The second-order valence-electron chi connectivity index (χ2n) is 0.167. The van der Waals surface area contributed by atoms with Crippen molar-refractivity contribution in [2.24, 2.45) is 0 Å². The maximum Gasteiger partial charge on any atom is 0.373 e. The van der Waals surface area contributed by atoms with Crippen LogP contribution in [0.5, 0.6) is 0 Å². The molecule has 2 N–H and O–H groups in total. The van der Waals surface area contributed by atoms with Gasteiger partial charge in [-0.25, -0.2) is 0 Å². The quantitative estimate of drug-likeness (QED) is 0.339. The van der Waals surface area contributed by atoms with E-state index >= 15 is 0 Å². The molecule has 0 saturated heterocycles. The Morgan fingerprint density at radius 3 is 1.00 bits per heavy atom. The van der Waals surface area contributed by atoms with E-state index in [0.717, 1.165) is 0 Å². The van der Waals surface area contributed by atoms with Gasteiger partial charge in [0.05, 0.1) is 0 Å². The second kappa shape index (κ2) is 10600. The Morgan fingerprint density at radius 2 is 1.00 bits per heavy atom. The molecule has 64 valence electrons. The van der Waals surface area contributed by atoms with Crippen LogP contribution in [0.4, 0.5) is 0 Å². The molecule has 0 aromatic rings. The van der Waals surface area contributed by atoms with Gasteiger partial charge in [-0.15, -0.1) is 13.2 Å². The first-order chi connectivity index (χ1) is 4.83. The van der Waals surface area contributed by atoms with Crippen LogP contribution in [0.1, 0.15) is 1.43 Å². The molecule has 0 radical (unpaired) electrons. The zero-order valence-corrected chi connectivity index (χ0v) is 5.53. The molecule has 0 spiro atoms. The average molecular weight is 165 g/mol. The summed E-state index contributed by atoms with van der Waals surface area (Å²) in [5.41, 5.74) is 0. The first-order valence-corrected chi connectivity index (χ1v) is 1.55. The smallest absolute Gasteiger partial charge is 0.373 e. The minimum atomic E-state index is 0. The summed E-state index contributed by atoms with van der Waals surface area (Å²) < 4.78 is 7.75. The van der Waals surface area contributed by atoms with E-state index in [1.165, 1.54) is 0 Å². The van der Waals surface area contributed by atoms with Gasteiger partial charge >= 0.3 is 23.6 Å². The van der Waals surface area contributed by atoms with Crippen LogP contribution in [0.2, 0.25) is 0 Å². The number of hydrogen-bond acceptors (Lipinski definition) is 4. The standard InChI is InChI=1S/C2H4.2CO2.CHO.H2O.H2/c1-2;2*2-1-3;1-2;;/h1-2H2;;;1H;1H2;1H/q;;;+1;;. The molecule has 0 aliphatic rings. The summed E-state index contributed by atoms with van der Waals surface area (Å²) in [6.07, 6.45) is 0.500. The molecular weight excluding hydrogens is 156 g/mol. The van der Waals surface area contributed by atoms with E-state index in [4.69, 9.17) is 23.8 Å². The van der Waals surface area contributed by atoms with E-state index in [0.29, 0.717) is 0 Å². The normalized spacial score (nSPS) is 2.00. The molecule has 0 amide bonds. The van der Waals surface area contributed by atoms with Crippen molar-refractivity contribution in [2.75, 3.05) is 0 Å². The van der Waals surface area contributed by atoms with Crippen molar-refractivity contribution in [2.45, 2.75) is 0 Å². The molecule has 0 atom stereocenters. The van der Waals surface area contributed by atoms with E-state index in [1.54, 1.807) is 0 Å². The van der Waals surface area contributed by atoms with Gasteiger partial charge in [-0.2, -0.15) is 19.2 Å².